The van der Waals surface area contributed by atoms with Crippen LogP contribution < -0.4 is 33.3 Å². The number of aromatic nitrogens is 8. The molecule has 25 nitrogen and oxygen atoms in total. The molecular formula is C71H69Cl3F15N14O11P. The number of aryl methyl sites for hydroxylation is 1. The summed E-state index contributed by atoms with van der Waals surface area (Å²) in [6.07, 6.45) is -9.94. The van der Waals surface area contributed by atoms with Crippen molar-refractivity contribution < 1.29 is 104 Å². The Morgan fingerprint density at radius 3 is 1.28 bits per heavy atom. The fourth-order valence-electron chi connectivity index (χ4n) is 12.0. The van der Waals surface area contributed by atoms with Crippen LogP contribution >= 0.6 is 38.9 Å². The van der Waals surface area contributed by atoms with Crippen LogP contribution in [-0.4, -0.2) is 152 Å². The van der Waals surface area contributed by atoms with Crippen LogP contribution in [0.15, 0.2) is 129 Å². The number of benzene rings is 3. The Hall–Kier alpha value is -10.7. The number of halogens is 18. The smallest absolute Gasteiger partial charge is 0.408 e. The van der Waals surface area contributed by atoms with Gasteiger partial charge in [0, 0.05) is 87.4 Å². The van der Waals surface area contributed by atoms with Crippen molar-refractivity contribution in [3.8, 4) is 39.4 Å². The minimum absolute atomic E-state index is 0. The van der Waals surface area contributed by atoms with Gasteiger partial charge in [0.05, 0.1) is 75.6 Å². The van der Waals surface area contributed by atoms with Crippen molar-refractivity contribution >= 4 is 107 Å². The van der Waals surface area contributed by atoms with Gasteiger partial charge in [0.2, 0.25) is 29.5 Å². The monoisotopic (exact) mass is 1710 g/mol. The van der Waals surface area contributed by atoms with Gasteiger partial charge >= 0.3 is 35.8 Å². The van der Waals surface area contributed by atoms with Crippen molar-refractivity contribution in [3.05, 3.63) is 181 Å². The van der Waals surface area contributed by atoms with E-state index in [1.165, 1.54) is 82.3 Å². The second-order valence-corrected chi connectivity index (χ2v) is 32.0. The van der Waals surface area contributed by atoms with E-state index in [1.54, 1.807) is 0 Å². The minimum Gasteiger partial charge on any atom is -0.408 e. The van der Waals surface area contributed by atoms with Crippen LogP contribution in [0.1, 0.15) is 70.5 Å². The zero-order chi connectivity index (χ0) is 83.3. The highest BCUT2D eigenvalue weighted by atomic mass is 36.0. The van der Waals surface area contributed by atoms with Gasteiger partial charge in [0.15, 0.2) is 0 Å². The summed E-state index contributed by atoms with van der Waals surface area (Å²) in [5.74, 6) is -6.18. The summed E-state index contributed by atoms with van der Waals surface area (Å²) in [6.45, 7) is 3.58. The highest BCUT2D eigenvalue weighted by Gasteiger charge is 2.38. The predicted molar refractivity (Wildman–Crippen MR) is 394 cm³/mol. The quantitative estimate of drug-likeness (QED) is 0.0532. The van der Waals surface area contributed by atoms with E-state index in [0.717, 1.165) is 49.6 Å². The van der Waals surface area contributed by atoms with Crippen LogP contribution in [0.2, 0.25) is 0 Å². The summed E-state index contributed by atoms with van der Waals surface area (Å²) in [5, 5.41) is 4.24. The number of amides is 5. The third kappa shape index (κ3) is 22.4. The number of ketones is 1. The van der Waals surface area contributed by atoms with Gasteiger partial charge in [0.25, 0.3) is 16.7 Å². The number of hydrogen-bond donors (Lipinski definition) is 4. The summed E-state index contributed by atoms with van der Waals surface area (Å²) < 4.78 is 222. The van der Waals surface area contributed by atoms with Crippen molar-refractivity contribution in [1.82, 2.24) is 63.6 Å². The van der Waals surface area contributed by atoms with Gasteiger partial charge in [-0.15, -0.1) is 5.10 Å². The van der Waals surface area contributed by atoms with E-state index in [2.05, 4.69) is 59.8 Å². The van der Waals surface area contributed by atoms with Crippen LogP contribution in [0.3, 0.4) is 0 Å². The molecule has 3 aromatic carbocycles. The number of carbonyl (C=O) groups is 6. The van der Waals surface area contributed by atoms with Crippen LogP contribution in [-0.2, 0) is 66.7 Å². The van der Waals surface area contributed by atoms with Gasteiger partial charge in [-0.2, -0.15) is 39.5 Å². The molecule has 115 heavy (non-hydrogen) atoms. The van der Waals surface area contributed by atoms with Crippen molar-refractivity contribution in [2.24, 2.45) is 5.73 Å². The first-order valence-electron chi connectivity index (χ1n) is 33.1. The zero-order valence-corrected chi connectivity index (χ0v) is 61.8. The molecule has 13 rings (SSSR count). The Bertz CT molecular complexity index is 5530. The molecule has 0 saturated carbocycles. The number of likely N-dealkylation sites (tertiary alicyclic amines) is 3. The Morgan fingerprint density at radius 1 is 0.557 bits per heavy atom. The molecule has 5 N–H and O–H groups in total. The van der Waals surface area contributed by atoms with E-state index in [4.69, 9.17) is 10.2 Å². The summed E-state index contributed by atoms with van der Waals surface area (Å²) in [7, 11) is 0. The van der Waals surface area contributed by atoms with Gasteiger partial charge in [0.1, 0.15) is 61.4 Å². The lowest BCUT2D eigenvalue weighted by Crippen LogP contribution is -2.42. The van der Waals surface area contributed by atoms with Gasteiger partial charge in [-0.1, -0.05) is 38.2 Å². The minimum atomic E-state index is -5.03. The molecule has 0 aliphatic carbocycles. The standard InChI is InChI=1S/C23H20F5N5O4.C23H18F5N5O3.C20H16F5N3O2.C3H7NO.2CH4.Cl3OP/c1-12(34)29-30-22(37)33-10-15(13-2-3-17(25)16(8-13)23(26,27)28)20-18(33)5-7-32(21(20)36)11-19(35)31-6-4-14(24)9-31;1-12-29-30-22(36-12)33-10-15(13-2-3-17(25)16(8-13)23(26,27)28)20-18(33)5-7-32(21(20)35)11-19(34)31-6-4-14(24)9-31;21-12-3-5-27(9-12)17(29)10-28-6-4-16-18(19(28)30)13(8-26-16)11-1-2-15(22)14(7-11)20(23,24)25;1-3(5)2-4;;;1-5(2,3)4/h2-3,5,7-8,10,14H,4,6,9,11H2,1H3,(H,29,34)(H,30,37);2-3,5,7-8,10,14H,4,6,9,11H2,1H3;1-2,4,6-8,12,26H,3,5,9-10H2;2,4H2,1H3;2*1H4;. The highest BCUT2D eigenvalue weighted by molar-refractivity contribution is 8.24. The van der Waals surface area contributed by atoms with E-state index in [-0.39, 0.29) is 171 Å². The van der Waals surface area contributed by atoms with Crippen LogP contribution in [0, 0.1) is 24.4 Å². The molecule has 7 aromatic heterocycles. The maximum absolute atomic E-state index is 13.9. The number of nitrogens with zero attached hydrogens (tertiary/aromatic N) is 10. The number of Topliss-reactive ketones (excluding diaryl/α,β-unsaturated/α-hetero) is 1. The molecule has 620 valence electrons. The molecule has 3 aliphatic rings. The molecule has 10 heterocycles. The Morgan fingerprint density at radius 2 is 0.922 bits per heavy atom. The van der Waals surface area contributed by atoms with E-state index in [9.17, 15) is 114 Å². The van der Waals surface area contributed by atoms with E-state index >= 15 is 0 Å². The van der Waals surface area contributed by atoms with Crippen molar-refractivity contribution in [2.75, 3.05) is 45.8 Å². The maximum Gasteiger partial charge on any atom is 0.419 e. The van der Waals surface area contributed by atoms with Gasteiger partial charge in [-0.25, -0.2) is 36.6 Å². The summed E-state index contributed by atoms with van der Waals surface area (Å²) in [5.41, 5.74) is 2.70. The molecule has 0 spiro atoms. The molecule has 3 aliphatic heterocycles. The molecule has 3 atom stereocenters. The number of alkyl halides is 12. The van der Waals surface area contributed by atoms with Crippen LogP contribution in [0.4, 0.5) is 70.7 Å². The fraction of sp³-hybridized carbons (Fsp3) is 0.338. The molecule has 44 heteroatoms. The lowest BCUT2D eigenvalue weighted by Gasteiger charge is -2.16. The number of H-pyrrole nitrogens is 1. The Labute approximate surface area is 655 Å². The number of carbonyl (C=O) groups excluding carboxylic acids is 6. The highest BCUT2D eigenvalue weighted by Crippen LogP contribution is 2.61. The van der Waals surface area contributed by atoms with E-state index in [1.807, 2.05) is 0 Å². The second kappa shape index (κ2) is 37.3. The summed E-state index contributed by atoms with van der Waals surface area (Å²) in [6, 6.07) is 10.3. The SMILES string of the molecule is C.C.CC(=O)CN.CC(=O)NNC(=O)n1cc(-c2ccc(F)c(C(F)(F)F)c2)c2c(=O)n(CC(=O)N3CCC(F)C3)ccc21.Cc1nnc(-n2cc(-c3ccc(F)c(C(F)(F)F)c3)c3c(=O)n(CC(=O)N4CCC(F)C4)ccc32)o1.O=C(Cn1ccc2[nH]cc(-c3ccc(F)c(C(F)(F)F)c3)c2c1=O)N1CCC(F)C1.O=P(Cl)(Cl)Cl. The van der Waals surface area contributed by atoms with Crippen molar-refractivity contribution in [1.29, 1.82) is 0 Å². The maximum atomic E-state index is 13.9. The first-order chi connectivity index (χ1) is 52.8. The number of rotatable bonds is 11. The number of nitrogens with one attached hydrogen (secondary N) is 3. The van der Waals surface area contributed by atoms with Crippen LogP contribution in [0.5, 0.6) is 0 Å². The molecule has 5 amide bonds. The van der Waals surface area contributed by atoms with Crippen LogP contribution in [0.25, 0.3) is 72.1 Å². The molecule has 3 fully saturated rings. The molecule has 3 saturated heterocycles. The number of fused-ring (bicyclic) bond motifs is 3. The summed E-state index contributed by atoms with van der Waals surface area (Å²) >= 11 is 13.8. The molecular weight excluding hydrogens is 1650 g/mol. The van der Waals surface area contributed by atoms with E-state index in [0.29, 0.717) is 41.9 Å². The second-order valence-electron chi connectivity index (χ2n) is 25.4. The van der Waals surface area contributed by atoms with E-state index < -0.39 is 129 Å². The fourth-order valence-corrected chi connectivity index (χ4v) is 12.0. The molecule has 3 unspecified atom stereocenters. The number of hydrazine groups is 1. The van der Waals surface area contributed by atoms with Crippen molar-refractivity contribution in [3.63, 3.8) is 0 Å². The Kier molecular flexibility index (Phi) is 29.7. The average molecular weight is 1720 g/mol. The third-order valence-corrected chi connectivity index (χ3v) is 17.4. The number of nitrogens with two attached hydrogens (primary N) is 1. The predicted octanol–water partition coefficient (Wildman–Crippen LogP) is 14.0. The molecule has 0 radical (unpaired) electrons. The first-order valence-corrected chi connectivity index (χ1v) is 37.6. The van der Waals surface area contributed by atoms with Gasteiger partial charge in [-0.3, -0.25) is 57.5 Å². The lowest BCUT2D eigenvalue weighted by atomic mass is 10.0. The topological polar surface area (TPSA) is 310 Å². The first kappa shape index (κ1) is 91.5. The largest absolute Gasteiger partial charge is 0.419 e. The third-order valence-electron chi connectivity index (χ3n) is 17.4. The van der Waals surface area contributed by atoms with Gasteiger partial charge in [-0.05, 0) is 131 Å². The van der Waals surface area contributed by atoms with Gasteiger partial charge < -0.3 is 43.5 Å². The average Bonchev–Trinajstić information content (AvgIpc) is 1.62. The normalized spacial score (nSPS) is 15.5. The number of aromatic amines is 1. The Balaban J connectivity index is 0.000000224. The molecule has 0 bridgehead atoms. The number of hydrogen-bond acceptors (Lipinski definition) is 14. The summed E-state index contributed by atoms with van der Waals surface area (Å²) in [4.78, 5) is 118. The van der Waals surface area contributed by atoms with Crippen molar-refractivity contribution in [2.45, 2.75) is 112 Å². The number of pyridine rings is 3. The zero-order valence-electron chi connectivity index (χ0n) is 58.6. The lowest BCUT2D eigenvalue weighted by molar-refractivity contribution is -0.140. The molecule has 10 aromatic rings.